The van der Waals surface area contributed by atoms with Crippen molar-refractivity contribution < 1.29 is 9.84 Å². The fourth-order valence-electron chi connectivity index (χ4n) is 2.20. The normalized spacial score (nSPS) is 27.9. The Balaban J connectivity index is 2.64. The molecule has 0 radical (unpaired) electrons. The van der Waals surface area contributed by atoms with Gasteiger partial charge in [0.1, 0.15) is 0 Å². The first kappa shape index (κ1) is 18.1. The monoisotopic (exact) mass is 388 g/mol. The van der Waals surface area contributed by atoms with Crippen LogP contribution in [0.3, 0.4) is 0 Å². The fourth-order valence-corrected chi connectivity index (χ4v) is 4.24. The van der Waals surface area contributed by atoms with E-state index in [0.29, 0.717) is 5.92 Å². The Hall–Kier alpha value is 0.0387. The first-order valence-electron chi connectivity index (χ1n) is 7.73. The summed E-state index contributed by atoms with van der Waals surface area (Å²) < 4.78 is 7.39. The van der Waals surface area contributed by atoms with Crippen molar-refractivity contribution in [3.05, 3.63) is 21.5 Å². The molecule has 0 aromatic carbocycles. The van der Waals surface area contributed by atoms with Crippen LogP contribution in [-0.2, 0) is 4.74 Å². The van der Waals surface area contributed by atoms with E-state index in [1.807, 2.05) is 6.08 Å². The van der Waals surface area contributed by atoms with Gasteiger partial charge in [0.05, 0.1) is 0 Å². The summed E-state index contributed by atoms with van der Waals surface area (Å²) >= 11 is -1.92. The number of hydrogen-bond donors (Lipinski definition) is 1. The van der Waals surface area contributed by atoms with E-state index in [9.17, 15) is 5.11 Å². The van der Waals surface area contributed by atoms with Crippen molar-refractivity contribution in [2.45, 2.75) is 61.5 Å². The van der Waals surface area contributed by atoms with Gasteiger partial charge in [0.25, 0.3) is 0 Å². The molecule has 1 N–H and O–H groups in total. The molecule has 0 amide bonds. The van der Waals surface area contributed by atoms with Gasteiger partial charge >= 0.3 is 129 Å². The van der Waals surface area contributed by atoms with Crippen LogP contribution in [0.1, 0.15) is 40.5 Å². The van der Waals surface area contributed by atoms with Gasteiger partial charge in [-0.3, -0.25) is 0 Å². The molecule has 2 unspecified atom stereocenters. The van der Waals surface area contributed by atoms with E-state index in [2.05, 4.69) is 48.6 Å². The van der Waals surface area contributed by atoms with Crippen molar-refractivity contribution in [3.63, 3.8) is 0 Å². The maximum absolute atomic E-state index is 10.3. The maximum atomic E-state index is 10.3. The van der Waals surface area contributed by atoms with Crippen LogP contribution < -0.4 is 0 Å². The first-order valence-corrected chi connectivity index (χ1v) is 17.7. The number of rotatable bonds is 6. The molecule has 3 heteroatoms. The van der Waals surface area contributed by atoms with E-state index in [-0.39, 0.29) is 11.5 Å². The van der Waals surface area contributed by atoms with Crippen LogP contribution >= 0.6 is 0 Å². The average Bonchev–Trinajstić information content (AvgIpc) is 2.59. The zero-order valence-electron chi connectivity index (χ0n) is 14.3. The summed E-state index contributed by atoms with van der Waals surface area (Å²) in [7, 11) is 0. The van der Waals surface area contributed by atoms with Crippen LogP contribution in [0.4, 0.5) is 0 Å². The molecule has 0 saturated carbocycles. The van der Waals surface area contributed by atoms with Crippen molar-refractivity contribution in [1.29, 1.82) is 0 Å². The van der Waals surface area contributed by atoms with Gasteiger partial charge in [-0.05, 0) is 0 Å². The van der Waals surface area contributed by atoms with Crippen molar-refractivity contribution in [1.82, 2.24) is 0 Å². The molecule has 0 saturated heterocycles. The average molecular weight is 387 g/mol. The van der Waals surface area contributed by atoms with Gasteiger partial charge < -0.3 is 0 Å². The topological polar surface area (TPSA) is 29.5 Å². The van der Waals surface area contributed by atoms with E-state index >= 15 is 0 Å². The SMILES string of the molecule is C/[C](=C/CC1(C)CC(OCC(C)C)=CC1O)[Sn]([CH3])([CH3])[CH3]. The molecule has 0 heterocycles. The summed E-state index contributed by atoms with van der Waals surface area (Å²) in [4.78, 5) is 7.30. The van der Waals surface area contributed by atoms with E-state index in [0.717, 1.165) is 25.2 Å². The molecule has 0 aromatic rings. The predicted octanol–water partition coefficient (Wildman–Crippen LogP) is 4.53. The van der Waals surface area contributed by atoms with Gasteiger partial charge in [-0.15, -0.1) is 0 Å². The van der Waals surface area contributed by atoms with Gasteiger partial charge in [-0.1, -0.05) is 0 Å². The van der Waals surface area contributed by atoms with Gasteiger partial charge in [0.2, 0.25) is 0 Å². The molecule has 20 heavy (non-hydrogen) atoms. The van der Waals surface area contributed by atoms with Crippen LogP contribution in [0.5, 0.6) is 0 Å². The molecule has 0 fully saturated rings. The minimum absolute atomic E-state index is 0.0926. The van der Waals surface area contributed by atoms with E-state index in [1.165, 1.54) is 0 Å². The Morgan fingerprint density at radius 1 is 1.50 bits per heavy atom. The van der Waals surface area contributed by atoms with Gasteiger partial charge in [0.15, 0.2) is 0 Å². The summed E-state index contributed by atoms with van der Waals surface area (Å²) in [6, 6.07) is 0. The Labute approximate surface area is 129 Å². The summed E-state index contributed by atoms with van der Waals surface area (Å²) in [6.07, 6.45) is 5.69. The van der Waals surface area contributed by atoms with Gasteiger partial charge in [0, 0.05) is 0 Å². The Kier molecular flexibility index (Phi) is 6.21. The van der Waals surface area contributed by atoms with Crippen molar-refractivity contribution in [2.24, 2.45) is 11.3 Å². The number of aliphatic hydroxyl groups is 1. The van der Waals surface area contributed by atoms with Crippen molar-refractivity contribution in [3.8, 4) is 0 Å². The molecule has 0 aliphatic heterocycles. The third kappa shape index (κ3) is 5.10. The van der Waals surface area contributed by atoms with Crippen LogP contribution in [0, 0.1) is 11.3 Å². The zero-order valence-corrected chi connectivity index (χ0v) is 17.1. The standard InChI is InChI=1S/C14H23O2.3CH3.Sn/c1-5-6-7-14(4)9-12(8-13(14)15)16-10-11(2)3;;;;/h6,8,11,13,15H,7,9-10H2,1-4H3;3*1H3;. The molecular formula is C17H32O2Sn. The number of allylic oxidation sites excluding steroid dienone is 3. The zero-order chi connectivity index (χ0) is 15.6. The second-order valence-corrected chi connectivity index (χ2v) is 23.0. The summed E-state index contributed by atoms with van der Waals surface area (Å²) in [5.74, 6) is 1.50. The van der Waals surface area contributed by atoms with Crippen molar-refractivity contribution >= 4 is 18.4 Å². The van der Waals surface area contributed by atoms with Crippen LogP contribution in [0.2, 0.25) is 14.8 Å². The fraction of sp³-hybridized carbons (Fsp3) is 0.765. The summed E-state index contributed by atoms with van der Waals surface area (Å²) in [6.45, 7) is 9.47. The molecular weight excluding hydrogens is 355 g/mol. The van der Waals surface area contributed by atoms with Gasteiger partial charge in [-0.25, -0.2) is 0 Å². The molecule has 0 bridgehead atoms. The molecule has 1 aliphatic carbocycles. The minimum atomic E-state index is -1.92. The number of aliphatic hydroxyl groups excluding tert-OH is 1. The van der Waals surface area contributed by atoms with Crippen molar-refractivity contribution in [2.75, 3.05) is 6.61 Å². The third-order valence-electron chi connectivity index (χ3n) is 4.30. The molecule has 0 spiro atoms. The van der Waals surface area contributed by atoms with E-state index in [1.54, 1.807) is 3.59 Å². The first-order chi connectivity index (χ1) is 9.04. The molecule has 1 rings (SSSR count). The number of hydrogen-bond acceptors (Lipinski definition) is 2. The summed E-state index contributed by atoms with van der Waals surface area (Å²) in [5.41, 5.74) is -0.0926. The Morgan fingerprint density at radius 3 is 2.60 bits per heavy atom. The number of ether oxygens (including phenoxy) is 1. The predicted molar refractivity (Wildman–Crippen MR) is 89.3 cm³/mol. The molecule has 2 atom stereocenters. The Bertz CT molecular complexity index is 390. The Morgan fingerprint density at radius 2 is 2.10 bits per heavy atom. The molecule has 116 valence electrons. The third-order valence-corrected chi connectivity index (χ3v) is 11.6. The summed E-state index contributed by atoms with van der Waals surface area (Å²) in [5, 5.41) is 10.3. The quantitative estimate of drug-likeness (QED) is 0.679. The van der Waals surface area contributed by atoms with Crippen LogP contribution in [0.15, 0.2) is 21.5 Å². The van der Waals surface area contributed by atoms with E-state index in [4.69, 9.17) is 4.74 Å². The molecule has 1 aliphatic rings. The second-order valence-electron chi connectivity index (χ2n) is 7.95. The van der Waals surface area contributed by atoms with Crippen LogP contribution in [-0.4, -0.2) is 36.2 Å². The molecule has 2 nitrogen and oxygen atoms in total. The van der Waals surface area contributed by atoms with E-state index < -0.39 is 18.4 Å². The van der Waals surface area contributed by atoms with Crippen LogP contribution in [0.25, 0.3) is 0 Å². The second kappa shape index (κ2) is 6.87. The van der Waals surface area contributed by atoms with Gasteiger partial charge in [-0.2, -0.15) is 0 Å². The molecule has 0 aromatic heterocycles.